The Labute approximate surface area is 91.5 Å². The predicted octanol–water partition coefficient (Wildman–Crippen LogP) is 4.19. The standard InChI is InChI=1S/C12H18ClN/c1-10(2)6-5-9-14-12-8-4-3-7-11(12)13/h3-4,7-8,10,14H,5-6,9H2,1-2H3. The first kappa shape index (κ1) is 11.4. The second-order valence-corrected chi connectivity index (χ2v) is 4.35. The summed E-state index contributed by atoms with van der Waals surface area (Å²) in [6.45, 7) is 5.49. The molecule has 1 aromatic carbocycles. The topological polar surface area (TPSA) is 12.0 Å². The Morgan fingerprint density at radius 1 is 1.29 bits per heavy atom. The summed E-state index contributed by atoms with van der Waals surface area (Å²) in [5, 5.41) is 4.14. The third-order valence-corrected chi connectivity index (χ3v) is 2.48. The molecule has 0 spiro atoms. The number of para-hydroxylation sites is 1. The Bertz CT molecular complexity index is 271. The molecular formula is C12H18ClN. The maximum atomic E-state index is 6.00. The highest BCUT2D eigenvalue weighted by molar-refractivity contribution is 6.33. The fourth-order valence-corrected chi connectivity index (χ4v) is 1.54. The van der Waals surface area contributed by atoms with E-state index in [1.54, 1.807) is 0 Å². The molecule has 0 atom stereocenters. The van der Waals surface area contributed by atoms with E-state index >= 15 is 0 Å². The maximum Gasteiger partial charge on any atom is 0.0637 e. The molecule has 1 aromatic rings. The van der Waals surface area contributed by atoms with Crippen LogP contribution < -0.4 is 5.32 Å². The van der Waals surface area contributed by atoms with Gasteiger partial charge in [-0.15, -0.1) is 0 Å². The van der Waals surface area contributed by atoms with Crippen molar-refractivity contribution in [3.05, 3.63) is 29.3 Å². The van der Waals surface area contributed by atoms with Gasteiger partial charge in [-0.25, -0.2) is 0 Å². The van der Waals surface area contributed by atoms with Crippen molar-refractivity contribution in [1.82, 2.24) is 0 Å². The maximum absolute atomic E-state index is 6.00. The van der Waals surface area contributed by atoms with Gasteiger partial charge in [0, 0.05) is 6.54 Å². The molecule has 1 nitrogen and oxygen atoms in total. The van der Waals surface area contributed by atoms with Gasteiger partial charge in [-0.3, -0.25) is 0 Å². The molecule has 0 saturated carbocycles. The van der Waals surface area contributed by atoms with E-state index in [-0.39, 0.29) is 0 Å². The quantitative estimate of drug-likeness (QED) is 0.721. The van der Waals surface area contributed by atoms with Gasteiger partial charge in [-0.2, -0.15) is 0 Å². The summed E-state index contributed by atoms with van der Waals surface area (Å²) in [7, 11) is 0. The Balaban J connectivity index is 2.28. The summed E-state index contributed by atoms with van der Waals surface area (Å²) >= 11 is 6.00. The number of hydrogen-bond acceptors (Lipinski definition) is 1. The summed E-state index contributed by atoms with van der Waals surface area (Å²) in [5.74, 6) is 0.781. The summed E-state index contributed by atoms with van der Waals surface area (Å²) in [6, 6.07) is 7.86. The zero-order valence-corrected chi connectivity index (χ0v) is 9.64. The minimum absolute atomic E-state index is 0.781. The fraction of sp³-hybridized carbons (Fsp3) is 0.500. The molecule has 0 radical (unpaired) electrons. The molecule has 0 amide bonds. The summed E-state index contributed by atoms with van der Waals surface area (Å²) in [6.07, 6.45) is 2.46. The Kier molecular flexibility index (Phi) is 4.81. The van der Waals surface area contributed by atoms with Crippen molar-refractivity contribution in [1.29, 1.82) is 0 Å². The normalized spacial score (nSPS) is 10.6. The average molecular weight is 212 g/mol. The van der Waals surface area contributed by atoms with Crippen molar-refractivity contribution in [2.45, 2.75) is 26.7 Å². The van der Waals surface area contributed by atoms with E-state index < -0.39 is 0 Å². The van der Waals surface area contributed by atoms with E-state index in [1.165, 1.54) is 12.8 Å². The minimum Gasteiger partial charge on any atom is -0.384 e. The first-order valence-electron chi connectivity index (χ1n) is 5.18. The van der Waals surface area contributed by atoms with E-state index in [0.29, 0.717) is 0 Å². The fourth-order valence-electron chi connectivity index (χ4n) is 1.34. The van der Waals surface area contributed by atoms with Gasteiger partial charge in [0.15, 0.2) is 0 Å². The molecule has 0 aliphatic rings. The summed E-state index contributed by atoms with van der Waals surface area (Å²) in [5.41, 5.74) is 1.04. The van der Waals surface area contributed by atoms with Crippen LogP contribution in [-0.2, 0) is 0 Å². The minimum atomic E-state index is 0.781. The molecule has 0 fully saturated rings. The van der Waals surface area contributed by atoms with Crippen LogP contribution in [0.3, 0.4) is 0 Å². The van der Waals surface area contributed by atoms with Crippen LogP contribution in [-0.4, -0.2) is 6.54 Å². The van der Waals surface area contributed by atoms with Gasteiger partial charge < -0.3 is 5.32 Å². The molecule has 78 valence electrons. The van der Waals surface area contributed by atoms with Crippen LogP contribution >= 0.6 is 11.6 Å². The lowest BCUT2D eigenvalue weighted by molar-refractivity contribution is 0.567. The first-order chi connectivity index (χ1) is 6.70. The number of anilines is 1. The highest BCUT2D eigenvalue weighted by Crippen LogP contribution is 2.20. The molecule has 0 aromatic heterocycles. The van der Waals surface area contributed by atoms with Crippen molar-refractivity contribution >= 4 is 17.3 Å². The first-order valence-corrected chi connectivity index (χ1v) is 5.56. The second-order valence-electron chi connectivity index (χ2n) is 3.94. The largest absolute Gasteiger partial charge is 0.384 e. The molecule has 14 heavy (non-hydrogen) atoms. The van der Waals surface area contributed by atoms with Crippen LogP contribution in [0, 0.1) is 5.92 Å². The molecule has 1 N–H and O–H groups in total. The van der Waals surface area contributed by atoms with Crippen LogP contribution in [0.25, 0.3) is 0 Å². The van der Waals surface area contributed by atoms with Crippen LogP contribution in [0.1, 0.15) is 26.7 Å². The molecule has 0 unspecified atom stereocenters. The van der Waals surface area contributed by atoms with E-state index in [9.17, 15) is 0 Å². The van der Waals surface area contributed by atoms with Crippen LogP contribution in [0.15, 0.2) is 24.3 Å². The molecular weight excluding hydrogens is 194 g/mol. The third kappa shape index (κ3) is 4.01. The van der Waals surface area contributed by atoms with E-state index in [2.05, 4.69) is 19.2 Å². The summed E-state index contributed by atoms with van der Waals surface area (Å²) in [4.78, 5) is 0. The van der Waals surface area contributed by atoms with Gasteiger partial charge in [0.2, 0.25) is 0 Å². The molecule has 0 aliphatic carbocycles. The Morgan fingerprint density at radius 2 is 2.00 bits per heavy atom. The highest BCUT2D eigenvalue weighted by Gasteiger charge is 1.97. The van der Waals surface area contributed by atoms with Gasteiger partial charge in [-0.1, -0.05) is 37.6 Å². The Hall–Kier alpha value is -0.690. The number of halogens is 1. The lowest BCUT2D eigenvalue weighted by Crippen LogP contribution is -2.03. The van der Waals surface area contributed by atoms with Crippen LogP contribution in [0.5, 0.6) is 0 Å². The smallest absolute Gasteiger partial charge is 0.0637 e. The molecule has 0 saturated heterocycles. The highest BCUT2D eigenvalue weighted by atomic mass is 35.5. The zero-order chi connectivity index (χ0) is 10.4. The lowest BCUT2D eigenvalue weighted by Gasteiger charge is -2.08. The second kappa shape index (κ2) is 5.92. The molecule has 0 bridgehead atoms. The lowest BCUT2D eigenvalue weighted by atomic mass is 10.1. The van der Waals surface area contributed by atoms with E-state index in [4.69, 9.17) is 11.6 Å². The summed E-state index contributed by atoms with van der Waals surface area (Å²) < 4.78 is 0. The SMILES string of the molecule is CC(C)CCCNc1ccccc1Cl. The van der Waals surface area contributed by atoms with Crippen LogP contribution in [0.4, 0.5) is 5.69 Å². The van der Waals surface area contributed by atoms with Crippen molar-refractivity contribution in [3.63, 3.8) is 0 Å². The van der Waals surface area contributed by atoms with Crippen molar-refractivity contribution in [3.8, 4) is 0 Å². The number of benzene rings is 1. The van der Waals surface area contributed by atoms with Crippen molar-refractivity contribution in [2.24, 2.45) is 5.92 Å². The Morgan fingerprint density at radius 3 is 2.64 bits per heavy atom. The molecule has 0 heterocycles. The number of rotatable bonds is 5. The van der Waals surface area contributed by atoms with Gasteiger partial charge >= 0.3 is 0 Å². The van der Waals surface area contributed by atoms with Gasteiger partial charge in [0.05, 0.1) is 10.7 Å². The molecule has 0 aliphatic heterocycles. The monoisotopic (exact) mass is 211 g/mol. The van der Waals surface area contributed by atoms with Gasteiger partial charge in [0.1, 0.15) is 0 Å². The van der Waals surface area contributed by atoms with Gasteiger partial charge in [0.25, 0.3) is 0 Å². The van der Waals surface area contributed by atoms with Crippen molar-refractivity contribution < 1.29 is 0 Å². The third-order valence-electron chi connectivity index (χ3n) is 2.15. The van der Waals surface area contributed by atoms with Crippen molar-refractivity contribution in [2.75, 3.05) is 11.9 Å². The number of nitrogens with one attached hydrogen (secondary N) is 1. The van der Waals surface area contributed by atoms with Gasteiger partial charge in [-0.05, 0) is 30.9 Å². The molecule has 2 heteroatoms. The zero-order valence-electron chi connectivity index (χ0n) is 8.89. The van der Waals surface area contributed by atoms with Crippen LogP contribution in [0.2, 0.25) is 5.02 Å². The van der Waals surface area contributed by atoms with E-state index in [0.717, 1.165) is 23.2 Å². The average Bonchev–Trinajstić information content (AvgIpc) is 2.15. The molecule has 1 rings (SSSR count). The van der Waals surface area contributed by atoms with E-state index in [1.807, 2.05) is 24.3 Å². The predicted molar refractivity (Wildman–Crippen MR) is 64.0 cm³/mol. The number of hydrogen-bond donors (Lipinski definition) is 1.